The van der Waals surface area contributed by atoms with Gasteiger partial charge in [-0.25, -0.2) is 4.39 Å². The maximum Gasteiger partial charge on any atom is 0.224 e. The number of carbonyl (C=O) groups is 2. The second-order valence-corrected chi connectivity index (χ2v) is 4.92. The zero-order valence-corrected chi connectivity index (χ0v) is 12.2. The molecule has 0 radical (unpaired) electrons. The Kier molecular flexibility index (Phi) is 5.25. The Hall–Kier alpha value is -2.69. The smallest absolute Gasteiger partial charge is 0.224 e. The number of halogens is 1. The molecule has 0 aliphatic rings. The van der Waals surface area contributed by atoms with Crippen molar-refractivity contribution < 1.29 is 14.0 Å². The average molecular weight is 300 g/mol. The normalized spacial score (nSPS) is 10.1. The van der Waals surface area contributed by atoms with Gasteiger partial charge in [0.05, 0.1) is 6.42 Å². The van der Waals surface area contributed by atoms with Gasteiger partial charge in [0.25, 0.3) is 0 Å². The zero-order chi connectivity index (χ0) is 15.9. The fourth-order valence-corrected chi connectivity index (χ4v) is 1.99. The van der Waals surface area contributed by atoms with Crippen molar-refractivity contribution in [3.8, 4) is 0 Å². The maximum atomic E-state index is 13.4. The molecule has 0 bridgehead atoms. The van der Waals surface area contributed by atoms with Crippen LogP contribution in [0, 0.1) is 5.82 Å². The number of nitrogens with one attached hydrogen (secondary N) is 2. The summed E-state index contributed by atoms with van der Waals surface area (Å²) in [6, 6.07) is 13.4. The van der Waals surface area contributed by atoms with Gasteiger partial charge in [-0.3, -0.25) is 9.59 Å². The van der Waals surface area contributed by atoms with E-state index < -0.39 is 0 Å². The molecule has 4 nitrogen and oxygen atoms in total. The molecule has 2 aromatic rings. The first-order valence-corrected chi connectivity index (χ1v) is 6.91. The number of carbonyl (C=O) groups excluding carboxylic acids is 2. The summed E-state index contributed by atoms with van der Waals surface area (Å²) in [7, 11) is 0. The molecule has 0 heterocycles. The lowest BCUT2D eigenvalue weighted by atomic mass is 10.1. The number of anilines is 1. The standard InChI is InChI=1S/C17H17FN2O2/c1-12(21)20-15-8-6-13(7-9-15)10-17(22)19-11-14-4-2-3-5-16(14)18/h2-9H,10-11H2,1H3,(H,19,22)(H,20,21). The van der Waals surface area contributed by atoms with E-state index in [0.29, 0.717) is 11.3 Å². The number of hydrogen-bond donors (Lipinski definition) is 2. The molecule has 0 saturated carbocycles. The molecule has 5 heteroatoms. The van der Waals surface area contributed by atoms with Crippen molar-refractivity contribution >= 4 is 17.5 Å². The van der Waals surface area contributed by atoms with Crippen LogP contribution < -0.4 is 10.6 Å². The average Bonchev–Trinajstić information content (AvgIpc) is 2.48. The van der Waals surface area contributed by atoms with Crippen LogP contribution in [0.1, 0.15) is 18.1 Å². The molecular formula is C17H17FN2O2. The minimum absolute atomic E-state index is 0.143. The maximum absolute atomic E-state index is 13.4. The van der Waals surface area contributed by atoms with E-state index >= 15 is 0 Å². The van der Waals surface area contributed by atoms with Gasteiger partial charge in [-0.05, 0) is 23.8 Å². The molecule has 2 aromatic carbocycles. The highest BCUT2D eigenvalue weighted by atomic mass is 19.1. The summed E-state index contributed by atoms with van der Waals surface area (Å²) >= 11 is 0. The molecule has 2 N–H and O–H groups in total. The summed E-state index contributed by atoms with van der Waals surface area (Å²) in [4.78, 5) is 22.8. The molecule has 0 spiro atoms. The van der Waals surface area contributed by atoms with Crippen LogP contribution in [-0.2, 0) is 22.6 Å². The van der Waals surface area contributed by atoms with Gasteiger partial charge in [0.15, 0.2) is 0 Å². The molecule has 0 unspecified atom stereocenters. The highest BCUT2D eigenvalue weighted by molar-refractivity contribution is 5.88. The Morgan fingerprint density at radius 3 is 2.36 bits per heavy atom. The van der Waals surface area contributed by atoms with Crippen molar-refractivity contribution in [3.05, 3.63) is 65.5 Å². The summed E-state index contributed by atoms with van der Waals surface area (Å²) in [6.45, 7) is 1.60. The summed E-state index contributed by atoms with van der Waals surface area (Å²) in [6.07, 6.45) is 0.203. The van der Waals surface area contributed by atoms with Gasteiger partial charge < -0.3 is 10.6 Å². The Morgan fingerprint density at radius 2 is 1.73 bits per heavy atom. The minimum Gasteiger partial charge on any atom is -0.352 e. The lowest BCUT2D eigenvalue weighted by molar-refractivity contribution is -0.120. The SMILES string of the molecule is CC(=O)Nc1ccc(CC(=O)NCc2ccccc2F)cc1. The van der Waals surface area contributed by atoms with E-state index in [-0.39, 0.29) is 30.6 Å². The lowest BCUT2D eigenvalue weighted by Crippen LogP contribution is -2.25. The van der Waals surface area contributed by atoms with Crippen molar-refractivity contribution in [2.45, 2.75) is 19.9 Å². The van der Waals surface area contributed by atoms with E-state index in [2.05, 4.69) is 10.6 Å². The topological polar surface area (TPSA) is 58.2 Å². The number of benzene rings is 2. The highest BCUT2D eigenvalue weighted by Crippen LogP contribution is 2.10. The van der Waals surface area contributed by atoms with Gasteiger partial charge in [-0.15, -0.1) is 0 Å². The van der Waals surface area contributed by atoms with E-state index in [1.165, 1.54) is 13.0 Å². The largest absolute Gasteiger partial charge is 0.352 e. The fourth-order valence-electron chi connectivity index (χ4n) is 1.99. The van der Waals surface area contributed by atoms with Gasteiger partial charge in [0.2, 0.25) is 11.8 Å². The second kappa shape index (κ2) is 7.36. The van der Waals surface area contributed by atoms with E-state index in [0.717, 1.165) is 5.56 Å². The van der Waals surface area contributed by atoms with Crippen LogP contribution in [-0.4, -0.2) is 11.8 Å². The van der Waals surface area contributed by atoms with Gasteiger partial charge in [-0.2, -0.15) is 0 Å². The number of amides is 2. The van der Waals surface area contributed by atoms with Crippen molar-refractivity contribution in [1.29, 1.82) is 0 Å². The number of hydrogen-bond acceptors (Lipinski definition) is 2. The Balaban J connectivity index is 1.87. The molecule has 0 saturated heterocycles. The van der Waals surface area contributed by atoms with Crippen LogP contribution in [0.3, 0.4) is 0 Å². The molecule has 2 rings (SSSR count). The molecule has 22 heavy (non-hydrogen) atoms. The highest BCUT2D eigenvalue weighted by Gasteiger charge is 2.06. The van der Waals surface area contributed by atoms with Crippen LogP contribution in [0.5, 0.6) is 0 Å². The van der Waals surface area contributed by atoms with Crippen molar-refractivity contribution in [1.82, 2.24) is 5.32 Å². The van der Waals surface area contributed by atoms with Crippen LogP contribution in [0.25, 0.3) is 0 Å². The molecule has 114 valence electrons. The molecule has 2 amide bonds. The Bertz CT molecular complexity index is 669. The quantitative estimate of drug-likeness (QED) is 0.892. The van der Waals surface area contributed by atoms with Crippen LogP contribution in [0.15, 0.2) is 48.5 Å². The van der Waals surface area contributed by atoms with Gasteiger partial charge in [-0.1, -0.05) is 30.3 Å². The predicted octanol–water partition coefficient (Wildman–Crippen LogP) is 2.64. The van der Waals surface area contributed by atoms with Gasteiger partial charge in [0, 0.05) is 24.7 Å². The first-order chi connectivity index (χ1) is 10.5. The third-order valence-corrected chi connectivity index (χ3v) is 3.07. The number of rotatable bonds is 5. The van der Waals surface area contributed by atoms with E-state index in [1.807, 2.05) is 0 Å². The third-order valence-electron chi connectivity index (χ3n) is 3.07. The van der Waals surface area contributed by atoms with Crippen LogP contribution in [0.2, 0.25) is 0 Å². The first kappa shape index (κ1) is 15.7. The van der Waals surface area contributed by atoms with E-state index in [9.17, 15) is 14.0 Å². The molecule has 0 aliphatic heterocycles. The monoisotopic (exact) mass is 300 g/mol. The zero-order valence-electron chi connectivity index (χ0n) is 12.2. The third kappa shape index (κ3) is 4.70. The predicted molar refractivity (Wildman–Crippen MR) is 82.7 cm³/mol. The van der Waals surface area contributed by atoms with Crippen LogP contribution in [0.4, 0.5) is 10.1 Å². The van der Waals surface area contributed by atoms with Crippen molar-refractivity contribution in [2.24, 2.45) is 0 Å². The van der Waals surface area contributed by atoms with Gasteiger partial charge in [0.1, 0.15) is 5.82 Å². The van der Waals surface area contributed by atoms with Gasteiger partial charge >= 0.3 is 0 Å². The minimum atomic E-state index is -0.331. The molecule has 0 aromatic heterocycles. The van der Waals surface area contributed by atoms with E-state index in [4.69, 9.17) is 0 Å². The Morgan fingerprint density at radius 1 is 1.05 bits per heavy atom. The van der Waals surface area contributed by atoms with E-state index in [1.54, 1.807) is 42.5 Å². The van der Waals surface area contributed by atoms with Crippen molar-refractivity contribution in [2.75, 3.05) is 5.32 Å². The Labute approximate surface area is 128 Å². The fraction of sp³-hybridized carbons (Fsp3) is 0.176. The second-order valence-electron chi connectivity index (χ2n) is 4.92. The summed E-state index contributed by atoms with van der Waals surface area (Å²) in [5, 5.41) is 5.34. The van der Waals surface area contributed by atoms with Crippen LogP contribution >= 0.6 is 0 Å². The summed E-state index contributed by atoms with van der Waals surface area (Å²) in [5.74, 6) is -0.659. The molecule has 0 aliphatic carbocycles. The summed E-state index contributed by atoms with van der Waals surface area (Å²) in [5.41, 5.74) is 1.96. The lowest BCUT2D eigenvalue weighted by Gasteiger charge is -2.07. The summed E-state index contributed by atoms with van der Waals surface area (Å²) < 4.78 is 13.4. The molecule has 0 fully saturated rings. The van der Waals surface area contributed by atoms with Crippen molar-refractivity contribution in [3.63, 3.8) is 0 Å². The molecular weight excluding hydrogens is 283 g/mol. The first-order valence-electron chi connectivity index (χ1n) is 6.91. The molecule has 0 atom stereocenters.